The van der Waals surface area contributed by atoms with Crippen LogP contribution in [-0.2, 0) is 19.9 Å². The number of rotatable bonds is 9. The highest BCUT2D eigenvalue weighted by atomic mass is 32.2. The fourth-order valence-electron chi connectivity index (χ4n) is 7.87. The van der Waals surface area contributed by atoms with Crippen molar-refractivity contribution in [2.24, 2.45) is 0 Å². The van der Waals surface area contributed by atoms with Crippen LogP contribution in [0.2, 0.25) is 0 Å². The Balaban J connectivity index is 0.000000236. The zero-order valence-corrected chi connectivity index (χ0v) is 37.4. The first-order valence-corrected chi connectivity index (χ1v) is 22.3. The van der Waals surface area contributed by atoms with Crippen LogP contribution in [0.15, 0.2) is 120 Å². The summed E-state index contributed by atoms with van der Waals surface area (Å²) >= 11 is 0. The normalized spacial score (nSPS) is 12.1. The lowest BCUT2D eigenvalue weighted by atomic mass is 9.12. The highest BCUT2D eigenvalue weighted by molar-refractivity contribution is 8.06. The lowest BCUT2D eigenvalue weighted by Crippen LogP contribution is -2.81. The molecule has 8 rings (SSSR count). The zero-order chi connectivity index (χ0) is 55.0. The van der Waals surface area contributed by atoms with E-state index in [1.54, 1.807) is 0 Å². The first-order chi connectivity index (χ1) is 35.4. The Kier molecular flexibility index (Phi) is 15.6. The third kappa shape index (κ3) is 9.67. The van der Waals surface area contributed by atoms with E-state index in [2.05, 4.69) is 11.2 Å². The van der Waals surface area contributed by atoms with E-state index in [1.807, 2.05) is 115 Å². The van der Waals surface area contributed by atoms with Crippen molar-refractivity contribution in [2.45, 2.75) is 10.6 Å². The predicted octanol–water partition coefficient (Wildman–Crippen LogP) is 12.4. The Hall–Kier alpha value is -8.07. The van der Waals surface area contributed by atoms with E-state index in [0.717, 1.165) is 27.5 Å². The third-order valence-corrected chi connectivity index (χ3v) is 13.4. The Labute approximate surface area is 409 Å². The van der Waals surface area contributed by atoms with E-state index in [0.29, 0.717) is 5.75 Å². The smallest absolute Gasteiger partial charge is 0.200 e. The third-order valence-electron chi connectivity index (χ3n) is 11.2. The van der Waals surface area contributed by atoms with Crippen LogP contribution in [-0.4, -0.2) is 6.15 Å². The molecule has 0 N–H and O–H groups in total. The van der Waals surface area contributed by atoms with E-state index < -0.39 is 154 Å². The molecule has 0 amide bonds. The van der Waals surface area contributed by atoms with Gasteiger partial charge in [-0.2, -0.15) is 0 Å². The molecule has 1 unspecified atom stereocenters. The van der Waals surface area contributed by atoms with Gasteiger partial charge in [0.05, 0.1) is 0 Å². The summed E-state index contributed by atoms with van der Waals surface area (Å²) in [5.74, 6) is -66.4. The molecular formula is C51H21BF20O2S. The first-order valence-electron chi connectivity index (χ1n) is 20.6. The monoisotopic (exact) mass is 1090 g/mol. The summed E-state index contributed by atoms with van der Waals surface area (Å²) in [6, 6.07) is 36.5. The second-order valence-electron chi connectivity index (χ2n) is 15.6. The molecule has 2 nitrogen and oxygen atoms in total. The largest absolute Gasteiger partial charge is 0.457 e. The average molecular weight is 1090 g/mol. The summed E-state index contributed by atoms with van der Waals surface area (Å²) in [4.78, 5) is 0.748. The van der Waals surface area contributed by atoms with Crippen LogP contribution in [0.4, 0.5) is 87.8 Å². The van der Waals surface area contributed by atoms with Crippen molar-refractivity contribution in [1.82, 2.24) is 0 Å². The fraction of sp³-hybridized carbons (Fsp3) is 0.0196. The number of halogens is 20. The molecule has 0 spiro atoms. The Bertz CT molecular complexity index is 3250. The molecule has 24 heteroatoms. The van der Waals surface area contributed by atoms with Gasteiger partial charge in [-0.1, -0.05) is 70.9 Å². The minimum Gasteiger partial charge on any atom is -0.457 e. The van der Waals surface area contributed by atoms with E-state index in [4.69, 9.17) is 4.74 Å². The number of para-hydroxylation sites is 1. The van der Waals surface area contributed by atoms with Gasteiger partial charge in [0.1, 0.15) is 64.2 Å². The van der Waals surface area contributed by atoms with Gasteiger partial charge in [-0.3, -0.25) is 0 Å². The molecule has 0 aliphatic rings. The number of benzene rings is 8. The Morgan fingerprint density at radius 2 is 0.600 bits per heavy atom. The summed E-state index contributed by atoms with van der Waals surface area (Å²) < 4.78 is 314. The topological polar surface area (TPSA) is 26.3 Å². The van der Waals surface area contributed by atoms with Gasteiger partial charge in [-0.05, 0) is 54.5 Å². The Morgan fingerprint density at radius 3 is 0.920 bits per heavy atom. The van der Waals surface area contributed by atoms with Crippen LogP contribution < -0.4 is 26.6 Å². The molecule has 0 saturated carbocycles. The van der Waals surface area contributed by atoms with Crippen molar-refractivity contribution >= 4 is 37.9 Å². The van der Waals surface area contributed by atoms with Crippen molar-refractivity contribution in [2.75, 3.05) is 0 Å². The van der Waals surface area contributed by atoms with Crippen molar-refractivity contribution in [3.8, 4) is 22.7 Å². The van der Waals surface area contributed by atoms with Crippen LogP contribution in [0.5, 0.6) is 11.5 Å². The minimum absolute atomic E-state index is 0.350. The van der Waals surface area contributed by atoms with Crippen LogP contribution in [0.1, 0.15) is 11.1 Å². The van der Waals surface area contributed by atoms with E-state index in [9.17, 15) is 56.9 Å². The fourth-order valence-corrected chi connectivity index (χ4v) is 9.77. The summed E-state index contributed by atoms with van der Waals surface area (Å²) in [5.41, 5.74) is -12.5. The molecule has 0 radical (unpaired) electrons. The molecule has 0 fully saturated rings. The zero-order valence-electron chi connectivity index (χ0n) is 36.5. The molecule has 0 heterocycles. The van der Waals surface area contributed by atoms with Crippen LogP contribution >= 0.6 is 0 Å². The molecule has 8 aromatic carbocycles. The van der Waals surface area contributed by atoms with Gasteiger partial charge in [-0.25, -0.2) is 87.8 Å². The molecule has 0 aliphatic heterocycles. The van der Waals surface area contributed by atoms with Gasteiger partial charge in [0, 0.05) is 11.1 Å². The molecule has 0 aromatic heterocycles. The first kappa shape index (κ1) is 54.7. The maximum Gasteiger partial charge on any atom is 0.200 e. The molecule has 75 heavy (non-hydrogen) atoms. The average Bonchev–Trinajstić information content (AvgIpc) is 3.41. The lowest BCUT2D eigenvalue weighted by Gasteiger charge is -2.44. The molecule has 386 valence electrons. The highest BCUT2D eigenvalue weighted by Crippen LogP contribution is 2.32. The maximum absolute atomic E-state index is 15.4. The van der Waals surface area contributed by atoms with Crippen molar-refractivity contribution in [3.63, 3.8) is 0 Å². The quantitative estimate of drug-likeness (QED) is 0.0360. The van der Waals surface area contributed by atoms with Gasteiger partial charge in [0.2, 0.25) is 0 Å². The van der Waals surface area contributed by atoms with Crippen LogP contribution in [0, 0.1) is 128 Å². The van der Waals surface area contributed by atoms with Crippen molar-refractivity contribution in [3.05, 3.63) is 243 Å². The van der Waals surface area contributed by atoms with Crippen LogP contribution in [0.25, 0.3) is 0 Å². The van der Waals surface area contributed by atoms with E-state index >= 15 is 35.1 Å². The number of hydrogen-bond donors (Lipinski definition) is 0. The molecule has 0 saturated heterocycles. The van der Waals surface area contributed by atoms with Gasteiger partial charge in [-0.15, -0.1) is 21.9 Å². The molecule has 0 bridgehead atoms. The second kappa shape index (κ2) is 21.4. The predicted molar refractivity (Wildman–Crippen MR) is 232 cm³/mol. The number of ether oxygens (including phenoxy) is 1. The number of hydrogen-bond acceptors (Lipinski definition) is 2. The van der Waals surface area contributed by atoms with E-state index in [1.165, 1.54) is 0 Å². The van der Waals surface area contributed by atoms with Gasteiger partial charge in [0.25, 0.3) is 0 Å². The van der Waals surface area contributed by atoms with Gasteiger partial charge in [0.15, 0.2) is 95.6 Å². The Morgan fingerprint density at radius 1 is 0.333 bits per heavy atom. The summed E-state index contributed by atoms with van der Waals surface area (Å²) in [6.07, 6.45) is -7.22. The maximum atomic E-state index is 15.4. The SMILES string of the molecule is Fc1c(F)c(F)c([B-](c2c(F)c(F)c(F)c(F)c2F)(c2c(F)c(F)c(F)c(F)c2F)c2c(F)c(F)c(F)c(F)c2F)c(F)c1F.O=[S+](C#Cc1ccccc1)(Cc1ccc(Oc2ccccc2)cc1)c1ccccc1. The van der Waals surface area contributed by atoms with Gasteiger partial charge >= 0.3 is 0 Å². The summed E-state index contributed by atoms with van der Waals surface area (Å²) in [7, 11) is -2.59. The van der Waals surface area contributed by atoms with E-state index in [-0.39, 0.29) is 0 Å². The lowest BCUT2D eigenvalue weighted by molar-refractivity contribution is 0.378. The van der Waals surface area contributed by atoms with Crippen molar-refractivity contribution < 1.29 is 96.8 Å². The van der Waals surface area contributed by atoms with Gasteiger partial charge < -0.3 is 4.74 Å². The molecule has 8 aromatic rings. The molecular weight excluding hydrogens is 1070 g/mol. The second-order valence-corrected chi connectivity index (χ2v) is 17.9. The highest BCUT2D eigenvalue weighted by Gasteiger charge is 2.52. The molecule has 1 atom stereocenters. The standard InChI is InChI=1S/C27H21O2S.C24BF20/c28-30(27-14-8-3-9-15-27,21-20-23-10-4-1-5-11-23)22-24-16-18-26(19-17-24)29-25-12-6-2-7-13-25;26-5-1(6(27)14(35)21(42)13(5)34)25(2-7(28)15(36)22(43)16(37)8(2)29,3-9(30)17(38)23(44)18(39)10(3)31)4-11(32)19(40)24(45)20(41)12(4)33/h1-19H,22H2;/q+1;-1. The minimum atomic E-state index is -7.22. The molecule has 0 aliphatic carbocycles. The summed E-state index contributed by atoms with van der Waals surface area (Å²) in [6.45, 7) is 0. The van der Waals surface area contributed by atoms with Crippen LogP contribution in [0.3, 0.4) is 0 Å². The summed E-state index contributed by atoms with van der Waals surface area (Å²) in [5, 5.41) is 3.08. The van der Waals surface area contributed by atoms with Crippen molar-refractivity contribution in [1.29, 1.82) is 0 Å².